The molecule has 0 radical (unpaired) electrons. The van der Waals surface area contributed by atoms with Gasteiger partial charge in [-0.2, -0.15) is 0 Å². The summed E-state index contributed by atoms with van der Waals surface area (Å²) in [5.41, 5.74) is 0.555. The van der Waals surface area contributed by atoms with Gasteiger partial charge < -0.3 is 34.3 Å². The number of hydrogen-bond acceptors (Lipinski definition) is 7. The lowest BCUT2D eigenvalue weighted by Gasteiger charge is -2.34. The van der Waals surface area contributed by atoms with E-state index < -0.39 is 29.3 Å². The predicted octanol–water partition coefficient (Wildman–Crippen LogP) is 4.91. The van der Waals surface area contributed by atoms with Crippen LogP contribution in [0.1, 0.15) is 64.5 Å². The maximum absolute atomic E-state index is 14.0. The molecule has 0 unspecified atom stereocenters. The Morgan fingerprint density at radius 1 is 1.12 bits per heavy atom. The van der Waals surface area contributed by atoms with Crippen LogP contribution in [0.4, 0.5) is 4.79 Å². The van der Waals surface area contributed by atoms with Crippen LogP contribution in [0.2, 0.25) is 0 Å². The molecule has 9 nitrogen and oxygen atoms in total. The number of benzene rings is 2. The number of carbonyl (C=O) groups excluding carboxylic acids is 2. The highest BCUT2D eigenvalue weighted by Gasteiger charge is 2.49. The lowest BCUT2D eigenvalue weighted by Crippen LogP contribution is -2.52. The SMILES string of the molecule is COc1ccc([C@@H]2CN(C(=O)[C@@H](COCc3ccccc3)NC(=O)OC(C)(C)C)C[C@@]2(C)[C@@H](C)O)cc1OCC1CC1. The molecule has 1 heterocycles. The summed E-state index contributed by atoms with van der Waals surface area (Å²) in [4.78, 5) is 28.4. The summed E-state index contributed by atoms with van der Waals surface area (Å²) in [6, 6.07) is 14.5. The summed E-state index contributed by atoms with van der Waals surface area (Å²) >= 11 is 0. The molecule has 2 aromatic carbocycles. The van der Waals surface area contributed by atoms with Crippen molar-refractivity contribution in [3.05, 3.63) is 59.7 Å². The molecule has 4 rings (SSSR count). The van der Waals surface area contributed by atoms with E-state index in [1.54, 1.807) is 39.7 Å². The molecule has 1 saturated carbocycles. The van der Waals surface area contributed by atoms with Gasteiger partial charge in [-0.3, -0.25) is 4.79 Å². The van der Waals surface area contributed by atoms with E-state index in [1.807, 2.05) is 55.5 Å². The molecule has 0 aromatic heterocycles. The van der Waals surface area contributed by atoms with Gasteiger partial charge >= 0.3 is 6.09 Å². The van der Waals surface area contributed by atoms with Gasteiger partial charge in [0.25, 0.3) is 0 Å². The number of nitrogens with zero attached hydrogens (tertiary/aromatic N) is 1. The Labute approximate surface area is 249 Å². The first-order chi connectivity index (χ1) is 19.9. The number of carbonyl (C=O) groups is 2. The van der Waals surface area contributed by atoms with Gasteiger partial charge in [0.1, 0.15) is 11.6 Å². The topological polar surface area (TPSA) is 107 Å². The second-order valence-electron chi connectivity index (χ2n) is 12.8. The smallest absolute Gasteiger partial charge is 0.408 e. The maximum atomic E-state index is 14.0. The lowest BCUT2D eigenvalue weighted by atomic mass is 9.72. The van der Waals surface area contributed by atoms with Crippen molar-refractivity contribution in [1.82, 2.24) is 10.2 Å². The molecule has 2 aromatic rings. The van der Waals surface area contributed by atoms with Crippen molar-refractivity contribution in [3.8, 4) is 11.5 Å². The van der Waals surface area contributed by atoms with Crippen molar-refractivity contribution in [1.29, 1.82) is 0 Å². The van der Waals surface area contributed by atoms with E-state index in [4.69, 9.17) is 18.9 Å². The minimum absolute atomic E-state index is 0.0266. The molecule has 0 spiro atoms. The van der Waals surface area contributed by atoms with Gasteiger partial charge in [0.15, 0.2) is 11.5 Å². The molecule has 4 atom stereocenters. The summed E-state index contributed by atoms with van der Waals surface area (Å²) < 4.78 is 23.0. The zero-order valence-corrected chi connectivity index (χ0v) is 25.7. The number of amides is 2. The van der Waals surface area contributed by atoms with Gasteiger partial charge in [-0.1, -0.05) is 43.3 Å². The van der Waals surface area contributed by atoms with E-state index in [0.29, 0.717) is 43.7 Å². The number of methoxy groups -OCH3 is 1. The van der Waals surface area contributed by atoms with E-state index in [0.717, 1.165) is 11.1 Å². The first-order valence-corrected chi connectivity index (χ1v) is 14.8. The zero-order chi connectivity index (χ0) is 30.5. The third-order valence-electron chi connectivity index (χ3n) is 8.14. The molecular formula is C33H46N2O7. The highest BCUT2D eigenvalue weighted by atomic mass is 16.6. The standard InChI is InChI=1S/C33H46N2O7/c1-22(36)33(5)21-35(17-26(33)25-14-15-28(39-6)29(16-25)41-19-24-12-13-24)30(37)27(34-31(38)42-32(2,3)4)20-40-18-23-10-8-7-9-11-23/h7-11,14-16,22,24,26-27,36H,12-13,17-21H2,1-6H3,(H,34,38)/t22-,26+,27-,33+/m1/s1. The van der Waals surface area contributed by atoms with Crippen LogP contribution in [0.5, 0.6) is 11.5 Å². The van der Waals surface area contributed by atoms with Crippen molar-refractivity contribution in [3.63, 3.8) is 0 Å². The van der Waals surface area contributed by atoms with Crippen LogP contribution in [0, 0.1) is 11.3 Å². The first kappa shape index (κ1) is 31.6. The molecule has 2 aliphatic rings. The number of nitrogens with one attached hydrogen (secondary N) is 1. The van der Waals surface area contributed by atoms with E-state index in [-0.39, 0.29) is 18.4 Å². The number of aliphatic hydroxyl groups excluding tert-OH is 1. The van der Waals surface area contributed by atoms with Crippen LogP contribution < -0.4 is 14.8 Å². The Kier molecular flexibility index (Phi) is 10.0. The van der Waals surface area contributed by atoms with Gasteiger partial charge in [-0.15, -0.1) is 0 Å². The Morgan fingerprint density at radius 2 is 1.83 bits per heavy atom. The van der Waals surface area contributed by atoms with Crippen LogP contribution in [0.3, 0.4) is 0 Å². The normalized spacial score (nSPS) is 21.9. The Balaban J connectivity index is 1.54. The summed E-state index contributed by atoms with van der Waals surface area (Å²) in [5, 5.41) is 13.7. The van der Waals surface area contributed by atoms with E-state index in [9.17, 15) is 14.7 Å². The predicted molar refractivity (Wildman–Crippen MR) is 160 cm³/mol. The molecular weight excluding hydrogens is 536 g/mol. The summed E-state index contributed by atoms with van der Waals surface area (Å²) in [6.07, 6.45) is 0.959. The number of likely N-dealkylation sites (tertiary alicyclic amines) is 1. The van der Waals surface area contributed by atoms with Gasteiger partial charge in [0, 0.05) is 24.4 Å². The number of ether oxygens (including phenoxy) is 4. The van der Waals surface area contributed by atoms with Crippen LogP contribution >= 0.6 is 0 Å². The van der Waals surface area contributed by atoms with Crippen LogP contribution in [-0.2, 0) is 20.9 Å². The molecule has 230 valence electrons. The van der Waals surface area contributed by atoms with Crippen molar-refractivity contribution in [2.24, 2.45) is 11.3 Å². The monoisotopic (exact) mass is 582 g/mol. The minimum Gasteiger partial charge on any atom is -0.493 e. The third kappa shape index (κ3) is 8.16. The van der Waals surface area contributed by atoms with Gasteiger partial charge in [0.2, 0.25) is 5.91 Å². The number of aliphatic hydroxyl groups is 1. The maximum Gasteiger partial charge on any atom is 0.408 e. The Bertz CT molecular complexity index is 1210. The molecule has 42 heavy (non-hydrogen) atoms. The lowest BCUT2D eigenvalue weighted by molar-refractivity contribution is -0.134. The fraction of sp³-hybridized carbons (Fsp3) is 0.576. The highest BCUT2D eigenvalue weighted by Crippen LogP contribution is 2.47. The average molecular weight is 583 g/mol. The molecule has 2 amide bonds. The van der Waals surface area contributed by atoms with Gasteiger partial charge in [-0.05, 0) is 69.7 Å². The quantitative estimate of drug-likeness (QED) is 0.366. The molecule has 2 N–H and O–H groups in total. The fourth-order valence-corrected chi connectivity index (χ4v) is 5.32. The van der Waals surface area contributed by atoms with Crippen molar-refractivity contribution >= 4 is 12.0 Å². The first-order valence-electron chi connectivity index (χ1n) is 14.8. The molecule has 1 saturated heterocycles. The molecule has 0 bridgehead atoms. The van der Waals surface area contributed by atoms with Crippen molar-refractivity contribution in [2.75, 3.05) is 33.4 Å². The van der Waals surface area contributed by atoms with Crippen molar-refractivity contribution < 1.29 is 33.6 Å². The fourth-order valence-electron chi connectivity index (χ4n) is 5.32. The summed E-state index contributed by atoms with van der Waals surface area (Å²) in [5.74, 6) is 1.43. The third-order valence-corrected chi connectivity index (χ3v) is 8.14. The molecule has 2 fully saturated rings. The summed E-state index contributed by atoms with van der Waals surface area (Å²) in [7, 11) is 1.62. The zero-order valence-electron chi connectivity index (χ0n) is 25.7. The van der Waals surface area contributed by atoms with Crippen LogP contribution in [0.15, 0.2) is 48.5 Å². The second kappa shape index (κ2) is 13.3. The molecule has 1 aliphatic carbocycles. The van der Waals surface area contributed by atoms with Crippen LogP contribution in [-0.4, -0.2) is 73.2 Å². The van der Waals surface area contributed by atoms with Gasteiger partial charge in [-0.25, -0.2) is 4.79 Å². The largest absolute Gasteiger partial charge is 0.493 e. The second-order valence-corrected chi connectivity index (χ2v) is 12.8. The highest BCUT2D eigenvalue weighted by molar-refractivity contribution is 5.86. The average Bonchev–Trinajstić information content (AvgIpc) is 3.70. The number of alkyl carbamates (subject to hydrolysis) is 1. The molecule has 1 aliphatic heterocycles. The van der Waals surface area contributed by atoms with Crippen LogP contribution in [0.25, 0.3) is 0 Å². The Morgan fingerprint density at radius 3 is 2.45 bits per heavy atom. The summed E-state index contributed by atoms with van der Waals surface area (Å²) in [6.45, 7) is 10.6. The van der Waals surface area contributed by atoms with E-state index in [2.05, 4.69) is 5.32 Å². The van der Waals surface area contributed by atoms with E-state index in [1.165, 1.54) is 12.8 Å². The number of hydrogen-bond donors (Lipinski definition) is 2. The Hall–Kier alpha value is -3.30. The van der Waals surface area contributed by atoms with E-state index >= 15 is 0 Å². The molecule has 9 heteroatoms. The minimum atomic E-state index is -0.964. The number of rotatable bonds is 12. The van der Waals surface area contributed by atoms with Gasteiger partial charge in [0.05, 0.1) is 33.0 Å². The van der Waals surface area contributed by atoms with Crippen molar-refractivity contribution in [2.45, 2.75) is 77.7 Å².